The molecule has 0 fully saturated rings. The van der Waals surface area contributed by atoms with Gasteiger partial charge in [-0.1, -0.05) is 56.9 Å². The first-order chi connectivity index (χ1) is 11.7. The lowest BCUT2D eigenvalue weighted by Gasteiger charge is -2.05. The Labute approximate surface area is 146 Å². The van der Waals surface area contributed by atoms with Gasteiger partial charge in [0.05, 0.1) is 7.11 Å². The van der Waals surface area contributed by atoms with E-state index in [9.17, 15) is 9.59 Å². The van der Waals surface area contributed by atoms with Crippen molar-refractivity contribution in [2.75, 3.05) is 7.11 Å². The first-order valence-corrected chi connectivity index (χ1v) is 9.35. The van der Waals surface area contributed by atoms with Gasteiger partial charge in [0.15, 0.2) is 5.78 Å². The van der Waals surface area contributed by atoms with Crippen LogP contribution in [-0.2, 0) is 14.3 Å². The van der Waals surface area contributed by atoms with E-state index < -0.39 is 0 Å². The molecule has 0 aromatic heterocycles. The number of carbonyl (C=O) groups is 2. The molecule has 1 atom stereocenters. The second-order valence-electron chi connectivity index (χ2n) is 6.36. The van der Waals surface area contributed by atoms with Crippen LogP contribution in [0.25, 0.3) is 0 Å². The van der Waals surface area contributed by atoms with Crippen molar-refractivity contribution >= 4 is 11.8 Å². The Morgan fingerprint density at radius 3 is 2.62 bits per heavy atom. The third-order valence-electron chi connectivity index (χ3n) is 4.34. The van der Waals surface area contributed by atoms with Crippen LogP contribution in [0.2, 0.25) is 0 Å². The van der Waals surface area contributed by atoms with Gasteiger partial charge >= 0.3 is 5.97 Å². The summed E-state index contributed by atoms with van der Waals surface area (Å²) in [4.78, 5) is 23.0. The van der Waals surface area contributed by atoms with E-state index in [-0.39, 0.29) is 17.7 Å². The van der Waals surface area contributed by atoms with Crippen LogP contribution in [0.3, 0.4) is 0 Å². The maximum absolute atomic E-state index is 12.0. The van der Waals surface area contributed by atoms with Gasteiger partial charge in [0.25, 0.3) is 0 Å². The number of hydrogen-bond acceptors (Lipinski definition) is 3. The van der Waals surface area contributed by atoms with Crippen LogP contribution in [0, 0.1) is 5.92 Å². The van der Waals surface area contributed by atoms with E-state index in [1.54, 1.807) is 6.08 Å². The fourth-order valence-corrected chi connectivity index (χ4v) is 2.84. The fourth-order valence-electron chi connectivity index (χ4n) is 2.84. The number of carbonyl (C=O) groups excluding carboxylic acids is 2. The van der Waals surface area contributed by atoms with Crippen LogP contribution in [-0.4, -0.2) is 18.9 Å². The predicted molar refractivity (Wildman–Crippen MR) is 98.7 cm³/mol. The minimum atomic E-state index is -0.146. The lowest BCUT2D eigenvalue weighted by molar-refractivity contribution is -0.140. The molecule has 134 valence electrons. The smallest absolute Gasteiger partial charge is 0.305 e. The zero-order valence-corrected chi connectivity index (χ0v) is 15.3. The van der Waals surface area contributed by atoms with Gasteiger partial charge in [0.2, 0.25) is 0 Å². The van der Waals surface area contributed by atoms with E-state index in [0.717, 1.165) is 37.7 Å². The topological polar surface area (TPSA) is 43.4 Å². The van der Waals surface area contributed by atoms with Gasteiger partial charge in [-0.05, 0) is 38.2 Å². The zero-order chi connectivity index (χ0) is 17.6. The summed E-state index contributed by atoms with van der Waals surface area (Å²) in [7, 11) is 1.42. The highest BCUT2D eigenvalue weighted by Gasteiger charge is 2.19. The number of ether oxygens (including phenoxy) is 1. The normalized spacial score (nSPS) is 18.8. The fraction of sp³-hybridized carbons (Fsp3) is 0.619. The number of methoxy groups -OCH3 is 1. The van der Waals surface area contributed by atoms with Crippen LogP contribution < -0.4 is 0 Å². The molecule has 1 rings (SSSR count). The highest BCUT2D eigenvalue weighted by atomic mass is 16.5. The molecule has 0 amide bonds. The molecular formula is C21H32O3. The molecule has 0 unspecified atom stereocenters. The first kappa shape index (κ1) is 20.4. The molecule has 0 saturated heterocycles. The number of rotatable bonds is 12. The molecule has 0 spiro atoms. The maximum atomic E-state index is 12.0. The van der Waals surface area contributed by atoms with Gasteiger partial charge < -0.3 is 4.74 Å². The summed E-state index contributed by atoms with van der Waals surface area (Å²) in [6.45, 7) is 2.22. The molecular weight excluding hydrogens is 300 g/mol. The van der Waals surface area contributed by atoms with Crippen molar-refractivity contribution in [1.29, 1.82) is 0 Å². The van der Waals surface area contributed by atoms with Gasteiger partial charge in [0, 0.05) is 17.9 Å². The van der Waals surface area contributed by atoms with E-state index in [2.05, 4.69) is 29.9 Å². The van der Waals surface area contributed by atoms with Crippen LogP contribution in [0.15, 0.2) is 36.0 Å². The summed E-state index contributed by atoms with van der Waals surface area (Å²) in [6, 6.07) is 0. The monoisotopic (exact) mass is 332 g/mol. The van der Waals surface area contributed by atoms with Gasteiger partial charge in [-0.3, -0.25) is 9.59 Å². The molecule has 0 bridgehead atoms. The number of allylic oxidation sites excluding steroid dienone is 6. The molecule has 0 radical (unpaired) electrons. The zero-order valence-electron chi connectivity index (χ0n) is 15.3. The van der Waals surface area contributed by atoms with Crippen LogP contribution in [0.4, 0.5) is 0 Å². The van der Waals surface area contributed by atoms with Gasteiger partial charge in [-0.2, -0.15) is 0 Å². The Bertz CT molecular complexity index is 471. The molecule has 1 aliphatic carbocycles. The highest BCUT2D eigenvalue weighted by molar-refractivity contribution is 6.07. The standard InChI is InChI=1S/C21H32O3/c1-3-4-5-6-7-10-13-18-16-17-20(22)19(18)14-11-8-9-12-15-21(23)24-2/h10,13-14,16-18H,3-9,11-12,15H2,1-2H3/t18-/m0/s1. The molecule has 0 aliphatic heterocycles. The average Bonchev–Trinajstić information content (AvgIpc) is 2.94. The van der Waals surface area contributed by atoms with E-state index in [1.165, 1.54) is 32.8 Å². The van der Waals surface area contributed by atoms with E-state index in [1.807, 2.05) is 6.08 Å². The van der Waals surface area contributed by atoms with E-state index >= 15 is 0 Å². The summed E-state index contributed by atoms with van der Waals surface area (Å²) in [5, 5.41) is 0. The van der Waals surface area contributed by atoms with Crippen LogP contribution in [0.5, 0.6) is 0 Å². The molecule has 1 aliphatic rings. The molecule has 0 heterocycles. The van der Waals surface area contributed by atoms with Gasteiger partial charge in [-0.15, -0.1) is 0 Å². The second-order valence-corrected chi connectivity index (χ2v) is 6.36. The summed E-state index contributed by atoms with van der Waals surface area (Å²) in [5.74, 6) is 0.150. The van der Waals surface area contributed by atoms with Crippen molar-refractivity contribution in [2.45, 2.75) is 71.1 Å². The third-order valence-corrected chi connectivity index (χ3v) is 4.34. The summed E-state index contributed by atoms with van der Waals surface area (Å²) in [6.07, 6.45) is 20.5. The van der Waals surface area contributed by atoms with Crippen molar-refractivity contribution in [1.82, 2.24) is 0 Å². The van der Waals surface area contributed by atoms with Crippen molar-refractivity contribution in [3.05, 3.63) is 36.0 Å². The summed E-state index contributed by atoms with van der Waals surface area (Å²) in [5.41, 5.74) is 0.910. The minimum absolute atomic E-state index is 0.144. The quantitative estimate of drug-likeness (QED) is 0.210. The van der Waals surface area contributed by atoms with Crippen molar-refractivity contribution in [3.63, 3.8) is 0 Å². The first-order valence-electron chi connectivity index (χ1n) is 9.35. The number of unbranched alkanes of at least 4 members (excludes halogenated alkanes) is 7. The van der Waals surface area contributed by atoms with Gasteiger partial charge in [-0.25, -0.2) is 0 Å². The average molecular weight is 332 g/mol. The lowest BCUT2D eigenvalue weighted by Crippen LogP contribution is -2.01. The third kappa shape index (κ3) is 8.28. The maximum Gasteiger partial charge on any atom is 0.305 e. The van der Waals surface area contributed by atoms with Crippen LogP contribution >= 0.6 is 0 Å². The van der Waals surface area contributed by atoms with Crippen molar-refractivity contribution in [3.8, 4) is 0 Å². The molecule has 24 heavy (non-hydrogen) atoms. The van der Waals surface area contributed by atoms with Crippen molar-refractivity contribution in [2.24, 2.45) is 5.92 Å². The van der Waals surface area contributed by atoms with Gasteiger partial charge in [0.1, 0.15) is 0 Å². The SMILES string of the molecule is CCCCCCC=C[C@H]1C=CC(=O)C1=CCCCCCC(=O)OC. The molecule has 0 aromatic carbocycles. The summed E-state index contributed by atoms with van der Waals surface area (Å²) >= 11 is 0. The number of hydrogen-bond donors (Lipinski definition) is 0. The molecule has 0 N–H and O–H groups in total. The second kappa shape index (κ2) is 12.7. The number of ketones is 1. The minimum Gasteiger partial charge on any atom is -0.469 e. The Morgan fingerprint density at radius 1 is 1.12 bits per heavy atom. The van der Waals surface area contributed by atoms with Crippen LogP contribution in [0.1, 0.15) is 71.1 Å². The lowest BCUT2D eigenvalue weighted by atomic mass is 9.98. The van der Waals surface area contributed by atoms with E-state index in [4.69, 9.17) is 0 Å². The Hall–Kier alpha value is -1.64. The molecule has 0 saturated carbocycles. The summed E-state index contributed by atoms with van der Waals surface area (Å²) < 4.78 is 4.62. The Balaban J connectivity index is 2.29. The number of esters is 1. The highest BCUT2D eigenvalue weighted by Crippen LogP contribution is 2.24. The largest absolute Gasteiger partial charge is 0.469 e. The predicted octanol–water partition coefficient (Wildman–Crippen LogP) is 5.32. The molecule has 0 aromatic rings. The van der Waals surface area contributed by atoms with Crippen molar-refractivity contribution < 1.29 is 14.3 Å². The molecule has 3 nitrogen and oxygen atoms in total. The van der Waals surface area contributed by atoms with E-state index in [0.29, 0.717) is 6.42 Å². The Morgan fingerprint density at radius 2 is 1.88 bits per heavy atom. The molecule has 3 heteroatoms. The Kier molecular flexibility index (Phi) is 10.8.